The molecular formula is C23H29N3O4S. The van der Waals surface area contributed by atoms with Gasteiger partial charge in [0, 0.05) is 31.7 Å². The van der Waals surface area contributed by atoms with E-state index in [4.69, 9.17) is 4.74 Å². The zero-order valence-corrected chi connectivity index (χ0v) is 18.4. The zero-order chi connectivity index (χ0) is 21.7. The third-order valence-corrected chi connectivity index (χ3v) is 7.70. The van der Waals surface area contributed by atoms with Crippen molar-refractivity contribution < 1.29 is 17.9 Å². The highest BCUT2D eigenvalue weighted by Gasteiger charge is 2.28. The highest BCUT2D eigenvalue weighted by molar-refractivity contribution is 7.89. The Morgan fingerprint density at radius 3 is 2.23 bits per heavy atom. The molecule has 0 unspecified atom stereocenters. The molecule has 4 rings (SSSR count). The fraction of sp³-hybridized carbons (Fsp3) is 0.435. The van der Waals surface area contributed by atoms with E-state index in [0.717, 1.165) is 31.6 Å². The van der Waals surface area contributed by atoms with Gasteiger partial charge in [-0.05, 0) is 43.2 Å². The Hall–Kier alpha value is -2.42. The summed E-state index contributed by atoms with van der Waals surface area (Å²) in [4.78, 5) is 15.3. The molecule has 2 aliphatic heterocycles. The van der Waals surface area contributed by atoms with E-state index in [0.29, 0.717) is 37.6 Å². The first-order valence-electron chi connectivity index (χ1n) is 10.9. The van der Waals surface area contributed by atoms with Crippen LogP contribution in [0.5, 0.6) is 0 Å². The molecule has 0 saturated carbocycles. The Kier molecular flexibility index (Phi) is 6.89. The Balaban J connectivity index is 1.68. The summed E-state index contributed by atoms with van der Waals surface area (Å²) in [5.41, 5.74) is 1.93. The maximum Gasteiger partial charge on any atom is 0.255 e. The van der Waals surface area contributed by atoms with Gasteiger partial charge in [0.25, 0.3) is 5.91 Å². The average molecular weight is 444 g/mol. The third kappa shape index (κ3) is 5.08. The van der Waals surface area contributed by atoms with Crippen molar-refractivity contribution >= 4 is 27.3 Å². The number of carbonyl (C=O) groups is 1. The molecule has 2 heterocycles. The number of sulfonamides is 1. The van der Waals surface area contributed by atoms with Crippen molar-refractivity contribution in [3.05, 3.63) is 54.1 Å². The smallest absolute Gasteiger partial charge is 0.255 e. The van der Waals surface area contributed by atoms with Crippen LogP contribution in [0.1, 0.15) is 36.0 Å². The summed E-state index contributed by atoms with van der Waals surface area (Å²) in [5, 5.41) is 2.97. The lowest BCUT2D eigenvalue weighted by molar-refractivity contribution is 0.0730. The number of hydrogen-bond donors (Lipinski definition) is 1. The summed E-state index contributed by atoms with van der Waals surface area (Å²) in [6.45, 7) is 3.24. The van der Waals surface area contributed by atoms with Crippen molar-refractivity contribution in [3.63, 3.8) is 0 Å². The largest absolute Gasteiger partial charge is 0.379 e. The predicted octanol–water partition coefficient (Wildman–Crippen LogP) is 3.34. The molecule has 31 heavy (non-hydrogen) atoms. The molecule has 7 nitrogen and oxygen atoms in total. The standard InChI is InChI=1S/C23H29N3O4S/c27-23(19-8-4-3-5-9-19)24-21-18-20(31(28,29)26-14-16-30-17-15-26)10-11-22(21)25-12-6-1-2-7-13-25/h3-5,8-11,18H,1-2,6-7,12-17H2,(H,24,27). The second kappa shape index (κ2) is 9.80. The van der Waals surface area contributed by atoms with Gasteiger partial charge in [-0.3, -0.25) is 4.79 Å². The van der Waals surface area contributed by atoms with E-state index in [1.54, 1.807) is 24.3 Å². The van der Waals surface area contributed by atoms with Crippen LogP contribution in [-0.2, 0) is 14.8 Å². The quantitative estimate of drug-likeness (QED) is 0.767. The number of benzene rings is 2. The summed E-state index contributed by atoms with van der Waals surface area (Å²) < 4.78 is 33.1. The molecule has 0 bridgehead atoms. The molecule has 2 aromatic carbocycles. The van der Waals surface area contributed by atoms with E-state index >= 15 is 0 Å². The van der Waals surface area contributed by atoms with Gasteiger partial charge in [-0.25, -0.2) is 8.42 Å². The van der Waals surface area contributed by atoms with Gasteiger partial charge in [-0.15, -0.1) is 0 Å². The molecule has 0 aliphatic carbocycles. The molecule has 1 amide bonds. The van der Waals surface area contributed by atoms with Crippen LogP contribution in [0.4, 0.5) is 11.4 Å². The van der Waals surface area contributed by atoms with Crippen LogP contribution >= 0.6 is 0 Å². The summed E-state index contributed by atoms with van der Waals surface area (Å²) in [6.07, 6.45) is 4.54. The van der Waals surface area contributed by atoms with E-state index in [2.05, 4.69) is 10.2 Å². The first-order chi connectivity index (χ1) is 15.1. The monoisotopic (exact) mass is 443 g/mol. The van der Waals surface area contributed by atoms with Crippen LogP contribution in [0, 0.1) is 0 Å². The second-order valence-electron chi connectivity index (χ2n) is 7.92. The lowest BCUT2D eigenvalue weighted by atomic mass is 10.2. The fourth-order valence-corrected chi connectivity index (χ4v) is 5.52. The van der Waals surface area contributed by atoms with Gasteiger partial charge in [0.15, 0.2) is 0 Å². The van der Waals surface area contributed by atoms with Crippen LogP contribution < -0.4 is 10.2 Å². The summed E-state index contributed by atoms with van der Waals surface area (Å²) in [7, 11) is -3.66. The number of rotatable bonds is 5. The second-order valence-corrected chi connectivity index (χ2v) is 9.85. The summed E-state index contributed by atoms with van der Waals surface area (Å²) in [5.74, 6) is -0.252. The van der Waals surface area contributed by atoms with Crippen molar-refractivity contribution in [2.24, 2.45) is 0 Å². The Bertz CT molecular complexity index is 997. The van der Waals surface area contributed by atoms with E-state index < -0.39 is 10.0 Å². The Morgan fingerprint density at radius 2 is 1.55 bits per heavy atom. The van der Waals surface area contributed by atoms with Crippen LogP contribution in [0.2, 0.25) is 0 Å². The molecule has 0 atom stereocenters. The van der Waals surface area contributed by atoms with Gasteiger partial charge < -0.3 is 15.0 Å². The first kappa shape index (κ1) is 21.8. The fourth-order valence-electron chi connectivity index (χ4n) is 4.08. The normalized spacial score (nSPS) is 18.4. The Labute approximate surface area is 184 Å². The molecular weight excluding hydrogens is 414 g/mol. The van der Waals surface area contributed by atoms with E-state index in [9.17, 15) is 13.2 Å². The molecule has 0 radical (unpaired) electrons. The van der Waals surface area contributed by atoms with Crippen LogP contribution in [-0.4, -0.2) is 58.0 Å². The molecule has 0 spiro atoms. The highest BCUT2D eigenvalue weighted by atomic mass is 32.2. The van der Waals surface area contributed by atoms with Gasteiger partial charge in [0.1, 0.15) is 0 Å². The molecule has 1 N–H and O–H groups in total. The van der Waals surface area contributed by atoms with Crippen molar-refractivity contribution in [1.29, 1.82) is 0 Å². The third-order valence-electron chi connectivity index (χ3n) is 5.81. The van der Waals surface area contributed by atoms with E-state index in [1.807, 2.05) is 24.3 Å². The minimum absolute atomic E-state index is 0.191. The SMILES string of the molecule is O=C(Nc1cc(S(=O)(=O)N2CCOCC2)ccc1N1CCCCCC1)c1ccccc1. The maximum absolute atomic E-state index is 13.2. The molecule has 8 heteroatoms. The summed E-state index contributed by atoms with van der Waals surface area (Å²) >= 11 is 0. The maximum atomic E-state index is 13.2. The zero-order valence-electron chi connectivity index (χ0n) is 17.6. The highest BCUT2D eigenvalue weighted by Crippen LogP contribution is 2.32. The van der Waals surface area contributed by atoms with Gasteiger partial charge in [0.05, 0.1) is 29.5 Å². The van der Waals surface area contributed by atoms with Crippen LogP contribution in [0.15, 0.2) is 53.4 Å². The number of morpholine rings is 1. The topological polar surface area (TPSA) is 79.0 Å². The minimum Gasteiger partial charge on any atom is -0.379 e. The average Bonchev–Trinajstić information content (AvgIpc) is 3.10. The molecule has 166 valence electrons. The predicted molar refractivity (Wildman–Crippen MR) is 121 cm³/mol. The van der Waals surface area contributed by atoms with Gasteiger partial charge in [-0.2, -0.15) is 4.31 Å². The number of anilines is 2. The van der Waals surface area contributed by atoms with E-state index in [1.165, 1.54) is 17.1 Å². The lowest BCUT2D eigenvalue weighted by Gasteiger charge is -2.28. The number of ether oxygens (including phenoxy) is 1. The van der Waals surface area contributed by atoms with Crippen LogP contribution in [0.3, 0.4) is 0 Å². The molecule has 0 aromatic heterocycles. The van der Waals surface area contributed by atoms with Crippen molar-refractivity contribution in [2.75, 3.05) is 49.6 Å². The number of amides is 1. The Morgan fingerprint density at radius 1 is 0.871 bits per heavy atom. The van der Waals surface area contributed by atoms with Crippen molar-refractivity contribution in [1.82, 2.24) is 4.31 Å². The minimum atomic E-state index is -3.66. The van der Waals surface area contributed by atoms with Gasteiger partial charge >= 0.3 is 0 Å². The van der Waals surface area contributed by atoms with Gasteiger partial charge in [0.2, 0.25) is 10.0 Å². The first-order valence-corrected chi connectivity index (χ1v) is 12.3. The molecule has 2 aromatic rings. The number of nitrogens with zero attached hydrogens (tertiary/aromatic N) is 2. The van der Waals surface area contributed by atoms with Gasteiger partial charge in [-0.1, -0.05) is 31.0 Å². The number of hydrogen-bond acceptors (Lipinski definition) is 5. The van der Waals surface area contributed by atoms with Crippen LogP contribution in [0.25, 0.3) is 0 Å². The molecule has 2 saturated heterocycles. The number of nitrogens with one attached hydrogen (secondary N) is 1. The van der Waals surface area contributed by atoms with Crippen molar-refractivity contribution in [2.45, 2.75) is 30.6 Å². The van der Waals surface area contributed by atoms with Crippen molar-refractivity contribution in [3.8, 4) is 0 Å². The summed E-state index contributed by atoms with van der Waals surface area (Å²) in [6, 6.07) is 14.1. The molecule has 2 aliphatic rings. The molecule has 2 fully saturated rings. The lowest BCUT2D eigenvalue weighted by Crippen LogP contribution is -2.40. The van der Waals surface area contributed by atoms with E-state index in [-0.39, 0.29) is 10.8 Å². The number of carbonyl (C=O) groups excluding carboxylic acids is 1.